The monoisotopic (exact) mass is 207 g/mol. The first-order valence-corrected chi connectivity index (χ1v) is 5.61. The lowest BCUT2D eigenvalue weighted by molar-refractivity contribution is -0.124. The second-order valence-corrected chi connectivity index (χ2v) is 4.52. The lowest BCUT2D eigenvalue weighted by atomic mass is 9.81. The van der Waals surface area contributed by atoms with E-state index in [4.69, 9.17) is 0 Å². The molecular weight excluding hydrogens is 190 g/mol. The standard InChI is InChI=1S/C11H17N3O/c1-9-2-4-10(5-3-9)11(15)6-14-8-12-7-13-14/h7-10H,2-6H2,1H3. The molecule has 0 N–H and O–H groups in total. The predicted octanol–water partition coefficient (Wildman–Crippen LogP) is 1.67. The third-order valence-corrected chi connectivity index (χ3v) is 3.26. The number of nitrogens with zero attached hydrogens (tertiary/aromatic N) is 3. The summed E-state index contributed by atoms with van der Waals surface area (Å²) in [6, 6.07) is 0. The van der Waals surface area contributed by atoms with E-state index in [0.29, 0.717) is 12.3 Å². The summed E-state index contributed by atoms with van der Waals surface area (Å²) >= 11 is 0. The van der Waals surface area contributed by atoms with Gasteiger partial charge in [0.15, 0.2) is 5.78 Å². The van der Waals surface area contributed by atoms with Crippen LogP contribution in [0.2, 0.25) is 0 Å². The van der Waals surface area contributed by atoms with Crippen molar-refractivity contribution in [1.82, 2.24) is 14.8 Å². The average Bonchev–Trinajstić information content (AvgIpc) is 2.71. The summed E-state index contributed by atoms with van der Waals surface area (Å²) in [7, 11) is 0. The largest absolute Gasteiger partial charge is 0.297 e. The smallest absolute Gasteiger partial charge is 0.157 e. The number of ketones is 1. The normalized spacial score (nSPS) is 26.5. The predicted molar refractivity (Wildman–Crippen MR) is 56.2 cm³/mol. The molecule has 0 saturated heterocycles. The first-order chi connectivity index (χ1) is 7.25. The van der Waals surface area contributed by atoms with Gasteiger partial charge in [-0.3, -0.25) is 4.79 Å². The highest BCUT2D eigenvalue weighted by Crippen LogP contribution is 2.28. The number of hydrogen-bond acceptors (Lipinski definition) is 3. The van der Waals surface area contributed by atoms with Gasteiger partial charge in [-0.25, -0.2) is 9.67 Å². The quantitative estimate of drug-likeness (QED) is 0.757. The van der Waals surface area contributed by atoms with Gasteiger partial charge in [-0.2, -0.15) is 5.10 Å². The van der Waals surface area contributed by atoms with Crippen molar-refractivity contribution in [2.24, 2.45) is 11.8 Å². The number of rotatable bonds is 3. The van der Waals surface area contributed by atoms with E-state index < -0.39 is 0 Å². The molecule has 15 heavy (non-hydrogen) atoms. The van der Waals surface area contributed by atoms with Crippen LogP contribution in [0.4, 0.5) is 0 Å². The van der Waals surface area contributed by atoms with Crippen LogP contribution >= 0.6 is 0 Å². The Balaban J connectivity index is 1.86. The molecule has 0 atom stereocenters. The molecule has 0 unspecified atom stereocenters. The maximum absolute atomic E-state index is 11.9. The van der Waals surface area contributed by atoms with Crippen LogP contribution in [0, 0.1) is 11.8 Å². The molecule has 1 aromatic rings. The first-order valence-electron chi connectivity index (χ1n) is 5.61. The zero-order valence-electron chi connectivity index (χ0n) is 9.09. The molecule has 4 heteroatoms. The van der Waals surface area contributed by atoms with Crippen LogP contribution < -0.4 is 0 Å². The number of aromatic nitrogens is 3. The molecule has 0 aromatic carbocycles. The highest BCUT2D eigenvalue weighted by molar-refractivity contribution is 5.80. The summed E-state index contributed by atoms with van der Waals surface area (Å²) < 4.78 is 1.61. The van der Waals surface area contributed by atoms with Crippen LogP contribution in [-0.4, -0.2) is 20.5 Å². The molecule has 0 bridgehead atoms. The molecule has 1 aliphatic rings. The molecule has 1 fully saturated rings. The van der Waals surface area contributed by atoms with Crippen LogP contribution in [0.5, 0.6) is 0 Å². The summed E-state index contributed by atoms with van der Waals surface area (Å²) in [6.07, 6.45) is 7.55. The SMILES string of the molecule is CC1CCC(C(=O)Cn2cncn2)CC1. The lowest BCUT2D eigenvalue weighted by Crippen LogP contribution is -2.24. The fraction of sp³-hybridized carbons (Fsp3) is 0.727. The lowest BCUT2D eigenvalue weighted by Gasteiger charge is -2.24. The van der Waals surface area contributed by atoms with Crippen LogP contribution in [0.25, 0.3) is 0 Å². The number of carbonyl (C=O) groups is 1. The second-order valence-electron chi connectivity index (χ2n) is 4.52. The molecule has 2 rings (SSSR count). The fourth-order valence-electron chi connectivity index (χ4n) is 2.19. The summed E-state index contributed by atoms with van der Waals surface area (Å²) in [5, 5.41) is 3.95. The van der Waals surface area contributed by atoms with Crippen LogP contribution in [0.3, 0.4) is 0 Å². The van der Waals surface area contributed by atoms with E-state index in [-0.39, 0.29) is 5.92 Å². The molecule has 1 aromatic heterocycles. The Kier molecular flexibility index (Phi) is 3.14. The van der Waals surface area contributed by atoms with E-state index in [1.807, 2.05) is 0 Å². The van der Waals surface area contributed by atoms with Gasteiger partial charge in [-0.1, -0.05) is 19.8 Å². The van der Waals surface area contributed by atoms with Crippen molar-refractivity contribution in [2.75, 3.05) is 0 Å². The Morgan fingerprint density at radius 1 is 1.40 bits per heavy atom. The van der Waals surface area contributed by atoms with E-state index >= 15 is 0 Å². The van der Waals surface area contributed by atoms with Crippen LogP contribution in [-0.2, 0) is 11.3 Å². The van der Waals surface area contributed by atoms with Crippen molar-refractivity contribution in [3.63, 3.8) is 0 Å². The van der Waals surface area contributed by atoms with Crippen molar-refractivity contribution in [3.05, 3.63) is 12.7 Å². The minimum absolute atomic E-state index is 0.255. The van der Waals surface area contributed by atoms with E-state index in [9.17, 15) is 4.79 Å². The van der Waals surface area contributed by atoms with Crippen LogP contribution in [0.15, 0.2) is 12.7 Å². The molecule has 1 saturated carbocycles. The highest BCUT2D eigenvalue weighted by atomic mass is 16.1. The van der Waals surface area contributed by atoms with Crippen LogP contribution in [0.1, 0.15) is 32.6 Å². The molecule has 4 nitrogen and oxygen atoms in total. The van der Waals surface area contributed by atoms with Crippen molar-refractivity contribution in [3.8, 4) is 0 Å². The number of carbonyl (C=O) groups excluding carboxylic acids is 1. The van der Waals surface area contributed by atoms with Gasteiger partial charge in [0.1, 0.15) is 19.2 Å². The molecule has 82 valence electrons. The minimum Gasteiger partial charge on any atom is -0.297 e. The molecule has 1 heterocycles. The Labute approximate surface area is 89.7 Å². The van der Waals surface area contributed by atoms with Gasteiger partial charge < -0.3 is 0 Å². The molecule has 1 aliphatic carbocycles. The first kappa shape index (κ1) is 10.3. The molecule has 0 radical (unpaired) electrons. The maximum Gasteiger partial charge on any atom is 0.157 e. The number of hydrogen-bond donors (Lipinski definition) is 0. The Morgan fingerprint density at radius 2 is 2.13 bits per heavy atom. The van der Waals surface area contributed by atoms with Gasteiger partial charge in [-0.05, 0) is 18.8 Å². The minimum atomic E-state index is 0.255. The summed E-state index contributed by atoms with van der Waals surface area (Å²) in [5.74, 6) is 1.36. The molecule has 0 spiro atoms. The van der Waals surface area contributed by atoms with Crippen molar-refractivity contribution in [2.45, 2.75) is 39.2 Å². The fourth-order valence-corrected chi connectivity index (χ4v) is 2.19. The van der Waals surface area contributed by atoms with Crippen molar-refractivity contribution >= 4 is 5.78 Å². The Morgan fingerprint density at radius 3 is 2.73 bits per heavy atom. The van der Waals surface area contributed by atoms with E-state index in [0.717, 1.165) is 18.8 Å². The van der Waals surface area contributed by atoms with Crippen molar-refractivity contribution in [1.29, 1.82) is 0 Å². The van der Waals surface area contributed by atoms with E-state index in [1.165, 1.54) is 19.2 Å². The summed E-state index contributed by atoms with van der Waals surface area (Å²) in [5.41, 5.74) is 0. The highest BCUT2D eigenvalue weighted by Gasteiger charge is 2.24. The Hall–Kier alpha value is -1.19. The van der Waals surface area contributed by atoms with E-state index in [1.54, 1.807) is 11.0 Å². The number of Topliss-reactive ketones (excluding diaryl/α,β-unsaturated/α-hetero) is 1. The van der Waals surface area contributed by atoms with Gasteiger partial charge in [0.05, 0.1) is 0 Å². The van der Waals surface area contributed by atoms with Gasteiger partial charge >= 0.3 is 0 Å². The van der Waals surface area contributed by atoms with Crippen molar-refractivity contribution < 1.29 is 4.79 Å². The zero-order valence-corrected chi connectivity index (χ0v) is 9.09. The average molecular weight is 207 g/mol. The maximum atomic E-state index is 11.9. The van der Waals surface area contributed by atoms with Gasteiger partial charge in [0.25, 0.3) is 0 Å². The topological polar surface area (TPSA) is 47.8 Å². The van der Waals surface area contributed by atoms with E-state index in [2.05, 4.69) is 17.0 Å². The third-order valence-electron chi connectivity index (χ3n) is 3.26. The molecule has 0 aliphatic heterocycles. The summed E-state index contributed by atoms with van der Waals surface area (Å²) in [4.78, 5) is 15.7. The third kappa shape index (κ3) is 2.64. The Bertz CT molecular complexity index is 313. The summed E-state index contributed by atoms with van der Waals surface area (Å²) in [6.45, 7) is 2.65. The van der Waals surface area contributed by atoms with Gasteiger partial charge in [-0.15, -0.1) is 0 Å². The second kappa shape index (κ2) is 4.55. The van der Waals surface area contributed by atoms with Gasteiger partial charge in [0, 0.05) is 5.92 Å². The zero-order chi connectivity index (χ0) is 10.7. The molecule has 0 amide bonds. The van der Waals surface area contributed by atoms with Gasteiger partial charge in [0.2, 0.25) is 0 Å². The molecular formula is C11H17N3O.